The van der Waals surface area contributed by atoms with Crippen LogP contribution in [-0.2, 0) is 9.53 Å². The molecule has 1 aliphatic heterocycles. The number of nitriles is 1. The Labute approximate surface area is 137 Å². The highest BCUT2D eigenvalue weighted by Gasteiger charge is 2.39. The smallest absolute Gasteiger partial charge is 0.218 e. The van der Waals surface area contributed by atoms with Crippen molar-refractivity contribution in [2.24, 2.45) is 0 Å². The van der Waals surface area contributed by atoms with Crippen LogP contribution in [0.25, 0.3) is 5.88 Å². The van der Waals surface area contributed by atoms with Crippen LogP contribution in [0.15, 0.2) is 58.9 Å². The first kappa shape index (κ1) is 14.0. The molecule has 4 nitrogen and oxygen atoms in total. The molecular formula is C18H14N2O2S. The minimum absolute atomic E-state index is 0.101. The standard InChI is InChI=1S/C18H14N2O2S/c19-11-12-16(15-7-4-10-23-15)17-13(21)5-3-6-14(17)22-18(12)20-8-1-2-9-20/h1-2,4,7-10,16H,3,5-6H2. The third kappa shape index (κ3) is 2.23. The SMILES string of the molecule is N#CC1=C(n2cccc2)OC2=C(C(=O)CCC2)C1c1cccs1. The molecule has 5 heteroatoms. The Balaban J connectivity index is 1.94. The number of carbonyl (C=O) groups is 1. The summed E-state index contributed by atoms with van der Waals surface area (Å²) in [5, 5.41) is 11.8. The van der Waals surface area contributed by atoms with E-state index in [1.165, 1.54) is 0 Å². The molecule has 0 spiro atoms. The lowest BCUT2D eigenvalue weighted by atomic mass is 9.80. The van der Waals surface area contributed by atoms with Crippen LogP contribution in [0.5, 0.6) is 0 Å². The molecule has 1 unspecified atom stereocenters. The Morgan fingerprint density at radius 1 is 1.26 bits per heavy atom. The number of hydrogen-bond donors (Lipinski definition) is 0. The predicted octanol–water partition coefficient (Wildman–Crippen LogP) is 4.06. The van der Waals surface area contributed by atoms with Gasteiger partial charge in [-0.15, -0.1) is 11.3 Å². The lowest BCUT2D eigenvalue weighted by Crippen LogP contribution is -2.25. The van der Waals surface area contributed by atoms with Crippen molar-refractivity contribution in [3.8, 4) is 6.07 Å². The van der Waals surface area contributed by atoms with Gasteiger partial charge in [0.1, 0.15) is 17.4 Å². The van der Waals surface area contributed by atoms with Crippen molar-refractivity contribution in [3.63, 3.8) is 0 Å². The van der Waals surface area contributed by atoms with E-state index in [-0.39, 0.29) is 11.7 Å². The second-order valence-corrected chi connectivity index (χ2v) is 6.56. The van der Waals surface area contributed by atoms with Crippen LogP contribution in [0, 0.1) is 11.3 Å². The van der Waals surface area contributed by atoms with Gasteiger partial charge in [-0.3, -0.25) is 9.36 Å². The molecule has 0 N–H and O–H groups in total. The van der Waals surface area contributed by atoms with Gasteiger partial charge < -0.3 is 4.74 Å². The fourth-order valence-electron chi connectivity index (χ4n) is 3.22. The number of Topliss-reactive ketones (excluding diaryl/α,β-unsaturated/α-hetero) is 1. The van der Waals surface area contributed by atoms with Gasteiger partial charge in [0.15, 0.2) is 5.78 Å². The average molecular weight is 322 g/mol. The largest absolute Gasteiger partial charge is 0.443 e. The number of aromatic nitrogens is 1. The Hall–Kier alpha value is -2.58. The van der Waals surface area contributed by atoms with Crippen LogP contribution >= 0.6 is 11.3 Å². The van der Waals surface area contributed by atoms with Crippen LogP contribution in [0.4, 0.5) is 0 Å². The van der Waals surface area contributed by atoms with Crippen LogP contribution in [-0.4, -0.2) is 10.4 Å². The summed E-state index contributed by atoms with van der Waals surface area (Å²) in [4.78, 5) is 13.5. The molecule has 2 aromatic heterocycles. The molecule has 2 aromatic rings. The summed E-state index contributed by atoms with van der Waals surface area (Å²) in [5.41, 5.74) is 1.17. The number of carbonyl (C=O) groups excluding carboxylic acids is 1. The van der Waals surface area contributed by atoms with Gasteiger partial charge in [-0.2, -0.15) is 5.26 Å². The molecule has 4 rings (SSSR count). The first-order chi connectivity index (χ1) is 11.3. The molecule has 1 aliphatic carbocycles. The quantitative estimate of drug-likeness (QED) is 0.837. The van der Waals surface area contributed by atoms with Gasteiger partial charge >= 0.3 is 0 Å². The maximum atomic E-state index is 12.5. The van der Waals surface area contributed by atoms with Crippen LogP contribution < -0.4 is 0 Å². The topological polar surface area (TPSA) is 55.0 Å². The van der Waals surface area contributed by atoms with Crippen molar-refractivity contribution in [1.29, 1.82) is 5.26 Å². The molecule has 1 atom stereocenters. The van der Waals surface area contributed by atoms with Gasteiger partial charge in [0, 0.05) is 35.7 Å². The normalized spacial score (nSPS) is 21.0. The number of rotatable bonds is 2. The van der Waals surface area contributed by atoms with Crippen molar-refractivity contribution >= 4 is 23.0 Å². The van der Waals surface area contributed by atoms with Gasteiger partial charge in [0.05, 0.1) is 5.92 Å². The van der Waals surface area contributed by atoms with E-state index in [2.05, 4.69) is 6.07 Å². The van der Waals surface area contributed by atoms with Crippen molar-refractivity contribution < 1.29 is 9.53 Å². The van der Waals surface area contributed by atoms with Gasteiger partial charge in [-0.25, -0.2) is 0 Å². The van der Waals surface area contributed by atoms with Crippen LogP contribution in [0.3, 0.4) is 0 Å². The van der Waals surface area contributed by atoms with E-state index in [9.17, 15) is 10.1 Å². The average Bonchev–Trinajstić information content (AvgIpc) is 3.27. The summed E-state index contributed by atoms with van der Waals surface area (Å²) in [6, 6.07) is 10.0. The van der Waals surface area contributed by atoms with E-state index in [0.29, 0.717) is 23.5 Å². The molecule has 0 saturated heterocycles. The Bertz CT molecular complexity index is 851. The number of ether oxygens (including phenoxy) is 1. The highest BCUT2D eigenvalue weighted by molar-refractivity contribution is 7.10. The second kappa shape index (κ2) is 5.56. The van der Waals surface area contributed by atoms with Crippen LogP contribution in [0.1, 0.15) is 30.1 Å². The van der Waals surface area contributed by atoms with E-state index in [4.69, 9.17) is 4.74 Å². The number of thiophene rings is 1. The molecule has 23 heavy (non-hydrogen) atoms. The minimum Gasteiger partial charge on any atom is -0.443 e. The molecular weight excluding hydrogens is 308 g/mol. The molecule has 114 valence electrons. The number of allylic oxidation sites excluding steroid dienone is 3. The van der Waals surface area contributed by atoms with Gasteiger partial charge in [-0.05, 0) is 30.0 Å². The Morgan fingerprint density at radius 3 is 2.78 bits per heavy atom. The monoisotopic (exact) mass is 322 g/mol. The summed E-state index contributed by atoms with van der Waals surface area (Å²) in [6.45, 7) is 0. The molecule has 0 fully saturated rings. The maximum Gasteiger partial charge on any atom is 0.218 e. The maximum absolute atomic E-state index is 12.5. The summed E-state index contributed by atoms with van der Waals surface area (Å²) in [5.74, 6) is 1.03. The van der Waals surface area contributed by atoms with E-state index in [1.54, 1.807) is 11.3 Å². The molecule has 0 saturated carbocycles. The van der Waals surface area contributed by atoms with Crippen LogP contribution in [0.2, 0.25) is 0 Å². The van der Waals surface area contributed by atoms with Crippen molar-refractivity contribution in [1.82, 2.24) is 4.57 Å². The van der Waals surface area contributed by atoms with E-state index >= 15 is 0 Å². The zero-order valence-electron chi connectivity index (χ0n) is 12.4. The third-order valence-electron chi connectivity index (χ3n) is 4.22. The lowest BCUT2D eigenvalue weighted by molar-refractivity contribution is -0.116. The highest BCUT2D eigenvalue weighted by atomic mass is 32.1. The minimum atomic E-state index is -0.311. The molecule has 2 aliphatic rings. The molecule has 0 amide bonds. The van der Waals surface area contributed by atoms with E-state index in [1.807, 2.05) is 46.6 Å². The fraction of sp³-hybridized carbons (Fsp3) is 0.222. The van der Waals surface area contributed by atoms with Crippen molar-refractivity contribution in [2.75, 3.05) is 0 Å². The molecule has 0 aromatic carbocycles. The lowest BCUT2D eigenvalue weighted by Gasteiger charge is -2.31. The zero-order valence-corrected chi connectivity index (χ0v) is 13.2. The van der Waals surface area contributed by atoms with Gasteiger partial charge in [0.25, 0.3) is 0 Å². The van der Waals surface area contributed by atoms with E-state index in [0.717, 1.165) is 23.5 Å². The summed E-state index contributed by atoms with van der Waals surface area (Å²) in [7, 11) is 0. The Kier molecular flexibility index (Phi) is 3.40. The molecule has 0 radical (unpaired) electrons. The third-order valence-corrected chi connectivity index (χ3v) is 5.16. The van der Waals surface area contributed by atoms with Gasteiger partial charge in [0.2, 0.25) is 5.88 Å². The fourth-order valence-corrected chi connectivity index (χ4v) is 4.06. The van der Waals surface area contributed by atoms with Crippen molar-refractivity contribution in [2.45, 2.75) is 25.2 Å². The van der Waals surface area contributed by atoms with E-state index < -0.39 is 0 Å². The summed E-state index contributed by atoms with van der Waals surface area (Å²) in [6.07, 6.45) is 5.78. The highest BCUT2D eigenvalue weighted by Crippen LogP contribution is 2.46. The second-order valence-electron chi connectivity index (χ2n) is 5.59. The number of nitrogens with zero attached hydrogens (tertiary/aromatic N) is 2. The summed E-state index contributed by atoms with van der Waals surface area (Å²) >= 11 is 1.57. The molecule has 3 heterocycles. The number of ketones is 1. The summed E-state index contributed by atoms with van der Waals surface area (Å²) < 4.78 is 7.83. The zero-order chi connectivity index (χ0) is 15.8. The van der Waals surface area contributed by atoms with Crippen molar-refractivity contribution in [3.05, 3.63) is 63.8 Å². The Morgan fingerprint density at radius 2 is 2.09 bits per heavy atom. The first-order valence-corrected chi connectivity index (χ1v) is 8.42. The predicted molar refractivity (Wildman–Crippen MR) is 87.3 cm³/mol. The number of hydrogen-bond acceptors (Lipinski definition) is 4. The first-order valence-electron chi connectivity index (χ1n) is 7.54. The van der Waals surface area contributed by atoms with Gasteiger partial charge in [-0.1, -0.05) is 6.07 Å². The molecule has 0 bridgehead atoms.